The number of ether oxygens (including phenoxy) is 1. The van der Waals surface area contributed by atoms with Crippen LogP contribution in [-0.2, 0) is 13.1 Å². The Hall–Kier alpha value is -3.97. The Morgan fingerprint density at radius 2 is 1.74 bits per heavy atom. The number of anilines is 1. The summed E-state index contributed by atoms with van der Waals surface area (Å²) < 4.78 is 9.13. The first kappa shape index (κ1) is 29.5. The fourth-order valence-electron chi connectivity index (χ4n) is 4.75. The van der Waals surface area contributed by atoms with Crippen molar-refractivity contribution >= 4 is 40.6 Å². The van der Waals surface area contributed by atoms with Crippen LogP contribution in [0.2, 0.25) is 4.34 Å². The Morgan fingerprint density at radius 1 is 1.02 bits per heavy atom. The number of hydrogen-bond acceptors (Lipinski definition) is 9. The van der Waals surface area contributed by atoms with Gasteiger partial charge in [0.25, 0.3) is 11.5 Å². The van der Waals surface area contributed by atoms with Gasteiger partial charge in [0.2, 0.25) is 5.91 Å². The molecule has 0 radical (unpaired) electrons. The zero-order chi connectivity index (χ0) is 29.8. The first-order valence-electron chi connectivity index (χ1n) is 13.4. The van der Waals surface area contributed by atoms with Crippen molar-refractivity contribution in [2.24, 2.45) is 5.73 Å². The van der Waals surface area contributed by atoms with Crippen LogP contribution in [-0.4, -0.2) is 82.8 Å². The molecule has 0 unspecified atom stereocenters. The predicted octanol–water partition coefficient (Wildman–Crippen LogP) is 3.08. The van der Waals surface area contributed by atoms with E-state index in [-0.39, 0.29) is 5.56 Å². The Balaban J connectivity index is 1.44. The molecule has 1 saturated heterocycles. The molecule has 0 bridgehead atoms. The topological polar surface area (TPSA) is 128 Å². The summed E-state index contributed by atoms with van der Waals surface area (Å²) in [7, 11) is 3.64. The van der Waals surface area contributed by atoms with Crippen LogP contribution in [0.4, 0.5) is 5.82 Å². The highest BCUT2D eigenvalue weighted by Crippen LogP contribution is 2.27. The minimum absolute atomic E-state index is 0.218. The van der Waals surface area contributed by atoms with E-state index in [4.69, 9.17) is 22.1 Å². The van der Waals surface area contributed by atoms with Crippen molar-refractivity contribution in [3.8, 4) is 17.1 Å². The first-order valence-corrected chi connectivity index (χ1v) is 14.6. The van der Waals surface area contributed by atoms with Crippen LogP contribution in [0.15, 0.2) is 59.4 Å². The van der Waals surface area contributed by atoms with E-state index in [0.717, 1.165) is 37.6 Å². The van der Waals surface area contributed by atoms with Crippen molar-refractivity contribution in [2.75, 3.05) is 52.2 Å². The van der Waals surface area contributed by atoms with E-state index in [9.17, 15) is 14.4 Å². The molecule has 5 rings (SSSR count). The average Bonchev–Trinajstić information content (AvgIpc) is 3.61. The number of piperazine rings is 1. The normalized spacial score (nSPS) is 14.2. The van der Waals surface area contributed by atoms with E-state index in [1.165, 1.54) is 53.5 Å². The Bertz CT molecular complexity index is 1640. The van der Waals surface area contributed by atoms with Gasteiger partial charge in [-0.15, -0.1) is 11.3 Å². The highest BCUT2D eigenvalue weighted by Gasteiger charge is 2.20. The molecule has 1 aromatic carbocycles. The van der Waals surface area contributed by atoms with E-state index in [1.54, 1.807) is 16.7 Å². The van der Waals surface area contributed by atoms with Gasteiger partial charge < -0.3 is 20.7 Å². The summed E-state index contributed by atoms with van der Waals surface area (Å²) >= 11 is 7.52. The molecule has 1 aliphatic rings. The van der Waals surface area contributed by atoms with E-state index in [0.29, 0.717) is 51.5 Å². The van der Waals surface area contributed by atoms with Crippen LogP contribution in [0.3, 0.4) is 0 Å². The summed E-state index contributed by atoms with van der Waals surface area (Å²) in [4.78, 5) is 43.9. The maximum absolute atomic E-state index is 13.5. The lowest BCUT2D eigenvalue weighted by molar-refractivity contribution is 0.0945. The number of methoxy groups -OCH3 is 1. The number of rotatable bonds is 10. The van der Waals surface area contributed by atoms with Crippen LogP contribution in [0.1, 0.15) is 25.6 Å². The lowest BCUT2D eigenvalue weighted by Gasteiger charge is -2.32. The van der Waals surface area contributed by atoms with E-state index >= 15 is 0 Å². The largest absolute Gasteiger partial charge is 0.482 e. The van der Waals surface area contributed by atoms with Crippen LogP contribution in [0.25, 0.3) is 11.3 Å². The SMILES string of the molecule is COc1cc(-c2cc(NCc3ccc(Cl)s3)n(C(=O)c3ccc(C(N)=O)cc3)n2)cc(=O)n1CCN1CCN(C)CC1. The number of halogens is 1. The van der Waals surface area contributed by atoms with Gasteiger partial charge in [-0.05, 0) is 43.4 Å². The molecule has 3 N–H and O–H groups in total. The Kier molecular flexibility index (Phi) is 9.07. The number of nitrogens with zero attached hydrogens (tertiary/aromatic N) is 5. The molecule has 0 spiro atoms. The van der Waals surface area contributed by atoms with Crippen LogP contribution in [0, 0.1) is 0 Å². The van der Waals surface area contributed by atoms with E-state index in [2.05, 4.69) is 27.3 Å². The summed E-state index contributed by atoms with van der Waals surface area (Å²) in [5.74, 6) is -0.162. The molecular formula is C29H32ClN7O4S. The number of nitrogens with two attached hydrogens (primary N) is 1. The number of carbonyl (C=O) groups is 2. The van der Waals surface area contributed by atoms with Crippen molar-refractivity contribution in [3.63, 3.8) is 0 Å². The number of nitrogens with one attached hydrogen (secondary N) is 1. The van der Waals surface area contributed by atoms with Crippen LogP contribution < -0.4 is 21.3 Å². The maximum Gasteiger partial charge on any atom is 0.280 e. The van der Waals surface area contributed by atoms with Crippen LogP contribution in [0.5, 0.6) is 5.88 Å². The highest BCUT2D eigenvalue weighted by atomic mass is 35.5. The molecule has 1 fully saturated rings. The molecule has 4 heterocycles. The predicted molar refractivity (Wildman–Crippen MR) is 164 cm³/mol. The smallest absolute Gasteiger partial charge is 0.280 e. The molecule has 1 aliphatic heterocycles. The number of primary amides is 1. The number of carbonyl (C=O) groups excluding carboxylic acids is 2. The van der Waals surface area contributed by atoms with Crippen molar-refractivity contribution in [1.29, 1.82) is 0 Å². The lowest BCUT2D eigenvalue weighted by Crippen LogP contribution is -2.45. The van der Waals surface area contributed by atoms with Gasteiger partial charge in [0.1, 0.15) is 5.82 Å². The molecule has 0 aliphatic carbocycles. The average molecular weight is 610 g/mol. The first-order chi connectivity index (χ1) is 20.2. The van der Waals surface area contributed by atoms with Gasteiger partial charge >= 0.3 is 0 Å². The zero-order valence-corrected chi connectivity index (χ0v) is 25.0. The molecule has 13 heteroatoms. The third-order valence-electron chi connectivity index (χ3n) is 7.22. The second-order valence-electron chi connectivity index (χ2n) is 10.1. The number of hydrogen-bond donors (Lipinski definition) is 2. The Morgan fingerprint density at radius 3 is 2.38 bits per heavy atom. The number of benzene rings is 1. The lowest BCUT2D eigenvalue weighted by atomic mass is 10.1. The summed E-state index contributed by atoms with van der Waals surface area (Å²) in [5, 5.41) is 7.84. The molecule has 3 aromatic heterocycles. The van der Waals surface area contributed by atoms with Crippen molar-refractivity contribution in [2.45, 2.75) is 13.1 Å². The molecule has 11 nitrogen and oxygen atoms in total. The maximum atomic E-state index is 13.5. The fraction of sp³-hybridized carbons (Fsp3) is 0.310. The van der Waals surface area contributed by atoms with Gasteiger partial charge in [-0.3, -0.25) is 23.9 Å². The van der Waals surface area contributed by atoms with Gasteiger partial charge in [0.15, 0.2) is 5.88 Å². The van der Waals surface area contributed by atoms with E-state index < -0.39 is 11.8 Å². The molecule has 42 heavy (non-hydrogen) atoms. The van der Waals surface area contributed by atoms with Crippen molar-refractivity contribution in [1.82, 2.24) is 24.1 Å². The van der Waals surface area contributed by atoms with Gasteiger partial charge in [0.05, 0.1) is 23.7 Å². The number of thiophene rings is 1. The molecular weight excluding hydrogens is 578 g/mol. The number of aromatic nitrogens is 3. The second-order valence-corrected chi connectivity index (χ2v) is 11.9. The molecule has 4 aromatic rings. The minimum Gasteiger partial charge on any atom is -0.482 e. The fourth-order valence-corrected chi connectivity index (χ4v) is 5.78. The standard InChI is InChI=1S/C29H32ClN7O4S/c1-34-9-11-35(12-10-34)13-14-36-26(38)15-21(16-27(36)41-2)23-17-25(32-18-22-7-8-24(30)42-22)37(33-23)29(40)20-5-3-19(4-6-20)28(31)39/h3-8,15-17,32H,9-14,18H2,1-2H3,(H2,31,39). The monoisotopic (exact) mass is 609 g/mol. The van der Waals surface area contributed by atoms with Gasteiger partial charge in [-0.1, -0.05) is 11.6 Å². The van der Waals surface area contributed by atoms with Crippen LogP contribution >= 0.6 is 22.9 Å². The van der Waals surface area contributed by atoms with Gasteiger partial charge in [0, 0.05) is 79.0 Å². The van der Waals surface area contributed by atoms with Crippen molar-refractivity contribution in [3.05, 3.63) is 85.3 Å². The Labute approximate surface area is 252 Å². The summed E-state index contributed by atoms with van der Waals surface area (Å²) in [6.45, 7) is 5.55. The summed E-state index contributed by atoms with van der Waals surface area (Å²) in [5.41, 5.74) is 6.67. The van der Waals surface area contributed by atoms with Gasteiger partial charge in [-0.2, -0.15) is 9.78 Å². The summed E-state index contributed by atoms with van der Waals surface area (Å²) in [6.07, 6.45) is 0. The molecule has 220 valence electrons. The second kappa shape index (κ2) is 12.9. The molecule has 0 atom stereocenters. The molecule has 0 saturated carbocycles. The summed E-state index contributed by atoms with van der Waals surface area (Å²) in [6, 6.07) is 14.7. The number of pyridine rings is 1. The highest BCUT2D eigenvalue weighted by molar-refractivity contribution is 7.16. The molecule has 1 amide bonds. The third kappa shape index (κ3) is 6.73. The quantitative estimate of drug-likeness (QED) is 0.281. The third-order valence-corrected chi connectivity index (χ3v) is 8.45. The van der Waals surface area contributed by atoms with Crippen molar-refractivity contribution < 1.29 is 14.3 Å². The zero-order valence-electron chi connectivity index (χ0n) is 23.4. The minimum atomic E-state index is -0.584. The number of amides is 1. The van der Waals surface area contributed by atoms with Gasteiger partial charge in [-0.25, -0.2) is 0 Å². The van der Waals surface area contributed by atoms with E-state index in [1.807, 2.05) is 12.1 Å². The number of likely N-dealkylation sites (N-methyl/N-ethyl adjacent to an activating group) is 1.